The number of aliphatic hydroxyl groups excluding tert-OH is 1. The van der Waals surface area contributed by atoms with Gasteiger partial charge in [0.25, 0.3) is 0 Å². The lowest BCUT2D eigenvalue weighted by Gasteiger charge is -2.58. The van der Waals surface area contributed by atoms with Crippen molar-refractivity contribution in [3.63, 3.8) is 0 Å². The molecule has 7 N–H and O–H groups in total. The second-order valence-corrected chi connectivity index (χ2v) is 15.1. The Balaban J connectivity index is 0.000000295. The first kappa shape index (κ1) is 34.9. The topological polar surface area (TPSA) is 131 Å². The van der Waals surface area contributed by atoms with E-state index in [1.54, 1.807) is 5.57 Å². The van der Waals surface area contributed by atoms with Crippen molar-refractivity contribution in [2.75, 3.05) is 13.1 Å². The van der Waals surface area contributed by atoms with Crippen molar-refractivity contribution in [3.8, 4) is 0 Å². The van der Waals surface area contributed by atoms with E-state index in [-0.39, 0.29) is 12.1 Å². The van der Waals surface area contributed by atoms with Gasteiger partial charge in [-0.25, -0.2) is 0 Å². The van der Waals surface area contributed by atoms with Gasteiger partial charge in [-0.2, -0.15) is 0 Å². The van der Waals surface area contributed by atoms with Gasteiger partial charge in [0.1, 0.15) is 6.04 Å². The zero-order valence-electron chi connectivity index (χ0n) is 27.7. The highest BCUT2D eigenvalue weighted by Gasteiger charge is 2.59. The van der Waals surface area contributed by atoms with Gasteiger partial charge < -0.3 is 26.6 Å². The molecule has 4 rings (SSSR count). The van der Waals surface area contributed by atoms with Gasteiger partial charge in [-0.3, -0.25) is 10.2 Å². The molecule has 7 heteroatoms. The van der Waals surface area contributed by atoms with Crippen LogP contribution in [0.25, 0.3) is 0 Å². The van der Waals surface area contributed by atoms with Crippen molar-refractivity contribution in [1.82, 2.24) is 10.6 Å². The van der Waals surface area contributed by atoms with Gasteiger partial charge in [-0.05, 0) is 117 Å². The number of guanidine groups is 1. The van der Waals surface area contributed by atoms with Crippen LogP contribution in [0.2, 0.25) is 0 Å². The molecule has 0 aromatic rings. The minimum Gasteiger partial charge on any atom is -0.480 e. The Hall–Kier alpha value is -1.60. The van der Waals surface area contributed by atoms with E-state index < -0.39 is 12.0 Å². The molecule has 0 spiro atoms. The molecule has 7 nitrogen and oxygen atoms in total. The number of fused-ring (bicyclic) bond motifs is 5. The molecule has 0 bridgehead atoms. The number of allylic oxidation sites excluding steroid dienone is 1. The Morgan fingerprint density at radius 1 is 1.07 bits per heavy atom. The largest absolute Gasteiger partial charge is 0.480 e. The zero-order valence-corrected chi connectivity index (χ0v) is 27.7. The van der Waals surface area contributed by atoms with Gasteiger partial charge in [0.05, 0.1) is 6.10 Å². The second kappa shape index (κ2) is 15.4. The summed E-state index contributed by atoms with van der Waals surface area (Å²) in [5.74, 6) is 4.54. The van der Waals surface area contributed by atoms with Crippen molar-refractivity contribution in [2.24, 2.45) is 52.1 Å². The number of aliphatic hydroxyl groups is 1. The van der Waals surface area contributed by atoms with Crippen LogP contribution in [0, 0.1) is 51.7 Å². The number of nitrogens with two attached hydrogens (primary N) is 1. The van der Waals surface area contributed by atoms with Crippen molar-refractivity contribution in [1.29, 1.82) is 5.41 Å². The number of hydrogen-bond donors (Lipinski definition) is 6. The predicted octanol–water partition coefficient (Wildman–Crippen LogP) is 6.70. The Bertz CT molecular complexity index is 922. The summed E-state index contributed by atoms with van der Waals surface area (Å²) in [6, 6.07) is -0.506. The molecule has 0 aliphatic heterocycles. The van der Waals surface area contributed by atoms with Crippen LogP contribution in [0.15, 0.2) is 11.6 Å². The number of rotatable bonds is 12. The van der Waals surface area contributed by atoms with Crippen LogP contribution in [-0.4, -0.2) is 47.4 Å². The summed E-state index contributed by atoms with van der Waals surface area (Å²) < 4.78 is 0. The minimum atomic E-state index is -0.838. The molecule has 4 aliphatic rings. The van der Waals surface area contributed by atoms with E-state index in [1.165, 1.54) is 57.8 Å². The van der Waals surface area contributed by atoms with Crippen molar-refractivity contribution in [2.45, 2.75) is 137 Å². The van der Waals surface area contributed by atoms with E-state index in [2.05, 4.69) is 51.3 Å². The summed E-state index contributed by atoms with van der Waals surface area (Å²) in [6.45, 7) is 15.6. The summed E-state index contributed by atoms with van der Waals surface area (Å²) >= 11 is 0. The van der Waals surface area contributed by atoms with E-state index >= 15 is 0 Å². The lowest BCUT2D eigenvalue weighted by molar-refractivity contribution is -0.139. The SMILES string of the molecule is CC(C)CCCC(C)[C@H]1CC[C@H]2[C@@H]3CC=C4C[C@@H](O)CC[C@]4(C)[C@H]3CC[C@]12C.CCNC(CCCNC(=N)N)C(=O)O. The van der Waals surface area contributed by atoms with Gasteiger partial charge in [0.15, 0.2) is 5.96 Å². The molecular weight excluding hydrogens is 524 g/mol. The third-order valence-corrected chi connectivity index (χ3v) is 12.0. The summed E-state index contributed by atoms with van der Waals surface area (Å²) in [5.41, 5.74) is 7.67. The maximum absolute atomic E-state index is 10.7. The summed E-state index contributed by atoms with van der Waals surface area (Å²) in [6.07, 6.45) is 18.4. The normalized spacial score (nSPS) is 35.0. The molecule has 4 aliphatic carbocycles. The fourth-order valence-corrected chi connectivity index (χ4v) is 9.75. The molecule has 3 saturated carbocycles. The van der Waals surface area contributed by atoms with Crippen molar-refractivity contribution < 1.29 is 15.0 Å². The molecule has 0 heterocycles. The molecular formula is C35H64N4O3. The van der Waals surface area contributed by atoms with Gasteiger partial charge in [0, 0.05) is 6.54 Å². The second-order valence-electron chi connectivity index (χ2n) is 15.1. The predicted molar refractivity (Wildman–Crippen MR) is 173 cm³/mol. The number of nitrogens with one attached hydrogen (secondary N) is 3. The Morgan fingerprint density at radius 3 is 2.45 bits per heavy atom. The van der Waals surface area contributed by atoms with Gasteiger partial charge in [-0.15, -0.1) is 0 Å². The Morgan fingerprint density at radius 2 is 1.81 bits per heavy atom. The van der Waals surface area contributed by atoms with Crippen molar-refractivity contribution >= 4 is 11.9 Å². The molecule has 0 radical (unpaired) electrons. The Labute approximate surface area is 256 Å². The molecule has 0 aromatic heterocycles. The molecule has 42 heavy (non-hydrogen) atoms. The van der Waals surface area contributed by atoms with Crippen LogP contribution in [0.1, 0.15) is 125 Å². The van der Waals surface area contributed by atoms with Crippen LogP contribution in [0.3, 0.4) is 0 Å². The molecule has 242 valence electrons. The quantitative estimate of drug-likeness (QED) is 0.0651. The molecule has 0 aromatic carbocycles. The highest BCUT2D eigenvalue weighted by Crippen LogP contribution is 2.67. The third kappa shape index (κ3) is 8.31. The first-order chi connectivity index (χ1) is 19.8. The Kier molecular flexibility index (Phi) is 12.8. The maximum Gasteiger partial charge on any atom is 0.320 e. The third-order valence-electron chi connectivity index (χ3n) is 12.0. The molecule has 0 saturated heterocycles. The molecule has 2 unspecified atom stereocenters. The van der Waals surface area contributed by atoms with E-state index in [0.29, 0.717) is 36.8 Å². The average Bonchev–Trinajstić information content (AvgIpc) is 3.28. The van der Waals surface area contributed by atoms with E-state index in [0.717, 1.165) is 48.3 Å². The molecule has 0 amide bonds. The van der Waals surface area contributed by atoms with Crippen LogP contribution in [-0.2, 0) is 4.79 Å². The first-order valence-corrected chi connectivity index (χ1v) is 17.2. The van der Waals surface area contributed by atoms with Gasteiger partial charge in [0.2, 0.25) is 0 Å². The maximum atomic E-state index is 10.7. The van der Waals surface area contributed by atoms with E-state index in [9.17, 15) is 9.90 Å². The van der Waals surface area contributed by atoms with Crippen molar-refractivity contribution in [3.05, 3.63) is 11.6 Å². The highest BCUT2D eigenvalue weighted by atomic mass is 16.4. The number of carboxylic acid groups (broad SMARTS) is 1. The summed E-state index contributed by atoms with van der Waals surface area (Å²) in [5, 5.41) is 31.3. The molecule has 9 atom stereocenters. The monoisotopic (exact) mass is 588 g/mol. The highest BCUT2D eigenvalue weighted by molar-refractivity contribution is 5.74. The molecule has 3 fully saturated rings. The number of carbonyl (C=O) groups is 1. The van der Waals surface area contributed by atoms with Crippen LogP contribution in [0.4, 0.5) is 0 Å². The summed E-state index contributed by atoms with van der Waals surface area (Å²) in [7, 11) is 0. The number of aliphatic carboxylic acids is 1. The van der Waals surface area contributed by atoms with Crippen LogP contribution >= 0.6 is 0 Å². The number of carboxylic acids is 1. The lowest BCUT2D eigenvalue weighted by Crippen LogP contribution is -2.50. The summed E-state index contributed by atoms with van der Waals surface area (Å²) in [4.78, 5) is 10.7. The lowest BCUT2D eigenvalue weighted by atomic mass is 9.47. The van der Waals surface area contributed by atoms with E-state index in [1.807, 2.05) is 6.92 Å². The number of likely N-dealkylation sites (N-methyl/N-ethyl adjacent to an activating group) is 1. The van der Waals surface area contributed by atoms with Crippen LogP contribution < -0.4 is 16.4 Å². The zero-order chi connectivity index (χ0) is 31.1. The minimum absolute atomic E-state index is 0.0766. The standard InChI is InChI=1S/C27H46O.C8H18N4O2/c1-18(2)7-6-8-19(3)23-11-12-24-22-10-9-20-17-21(28)13-15-26(20,4)25(22)14-16-27(23,24)5;1-2-11-6(7(13)14)4-3-5-12-8(9)10/h9,18-19,21-25,28H,6-8,10-17H2,1-5H3;6,11H,2-5H2,1H3,(H,13,14)(H4,9,10,12)/t19?,21-,22-,23+,24-,25-,26-,27+;/m0./s1. The fourth-order valence-electron chi connectivity index (χ4n) is 9.75. The fraction of sp³-hybridized carbons (Fsp3) is 0.886. The average molecular weight is 589 g/mol. The number of hydrogen-bond acceptors (Lipinski definition) is 4. The van der Waals surface area contributed by atoms with Gasteiger partial charge in [-0.1, -0.05) is 72.5 Å². The first-order valence-electron chi connectivity index (χ1n) is 17.2. The van der Waals surface area contributed by atoms with Gasteiger partial charge >= 0.3 is 5.97 Å². The van der Waals surface area contributed by atoms with Crippen LogP contribution in [0.5, 0.6) is 0 Å². The smallest absolute Gasteiger partial charge is 0.320 e. The van der Waals surface area contributed by atoms with E-state index in [4.69, 9.17) is 16.2 Å².